The van der Waals surface area contributed by atoms with E-state index in [-0.39, 0.29) is 0 Å². The second kappa shape index (κ2) is 6.82. The maximum atomic E-state index is 5.42. The molecule has 0 aliphatic carbocycles. The van der Waals surface area contributed by atoms with Gasteiger partial charge < -0.3 is 9.64 Å². The van der Waals surface area contributed by atoms with Crippen molar-refractivity contribution < 1.29 is 4.74 Å². The highest BCUT2D eigenvalue weighted by molar-refractivity contribution is 7.15. The lowest BCUT2D eigenvalue weighted by Crippen LogP contribution is -2.36. The van der Waals surface area contributed by atoms with Gasteiger partial charge in [-0.15, -0.1) is 11.3 Å². The van der Waals surface area contributed by atoms with Crippen LogP contribution in [0.1, 0.15) is 28.7 Å². The third kappa shape index (κ3) is 3.34. The highest BCUT2D eigenvalue weighted by Crippen LogP contribution is 2.28. The van der Waals surface area contributed by atoms with Gasteiger partial charge in [-0.3, -0.25) is 9.58 Å². The summed E-state index contributed by atoms with van der Waals surface area (Å²) >= 11 is 1.83. The molecule has 0 bridgehead atoms. The first-order valence-corrected chi connectivity index (χ1v) is 9.53. The van der Waals surface area contributed by atoms with Gasteiger partial charge in [-0.1, -0.05) is 0 Å². The van der Waals surface area contributed by atoms with Gasteiger partial charge in [-0.25, -0.2) is 4.98 Å². The van der Waals surface area contributed by atoms with E-state index in [0.717, 1.165) is 56.8 Å². The van der Waals surface area contributed by atoms with Gasteiger partial charge in [-0.2, -0.15) is 5.10 Å². The summed E-state index contributed by atoms with van der Waals surface area (Å²) in [6.07, 6.45) is 3.23. The molecule has 24 heavy (non-hydrogen) atoms. The van der Waals surface area contributed by atoms with Crippen LogP contribution >= 0.6 is 11.3 Å². The minimum absolute atomic E-state index is 0.505. The number of hydrogen-bond acceptors (Lipinski definition) is 6. The Kier molecular flexibility index (Phi) is 4.56. The van der Waals surface area contributed by atoms with E-state index in [1.807, 2.05) is 17.5 Å². The van der Waals surface area contributed by atoms with Crippen LogP contribution in [-0.2, 0) is 11.3 Å². The number of aromatic nitrogens is 3. The molecule has 2 aliphatic heterocycles. The summed E-state index contributed by atoms with van der Waals surface area (Å²) in [5.41, 5.74) is 2.38. The zero-order chi connectivity index (χ0) is 16.5. The fourth-order valence-corrected chi connectivity index (χ4v) is 4.67. The van der Waals surface area contributed by atoms with Gasteiger partial charge in [0.25, 0.3) is 0 Å². The van der Waals surface area contributed by atoms with Crippen LogP contribution in [0.5, 0.6) is 0 Å². The Balaban J connectivity index is 1.36. The molecule has 0 aromatic carbocycles. The molecule has 2 aromatic heterocycles. The highest BCUT2D eigenvalue weighted by Gasteiger charge is 2.26. The van der Waals surface area contributed by atoms with E-state index in [1.165, 1.54) is 17.0 Å². The predicted octanol–water partition coefficient (Wildman–Crippen LogP) is 2.24. The number of nitrogens with zero attached hydrogens (tertiary/aromatic N) is 5. The van der Waals surface area contributed by atoms with Crippen molar-refractivity contribution >= 4 is 16.5 Å². The van der Waals surface area contributed by atoms with Gasteiger partial charge in [0.05, 0.1) is 24.9 Å². The van der Waals surface area contributed by atoms with Crippen LogP contribution in [0.15, 0.2) is 12.3 Å². The lowest BCUT2D eigenvalue weighted by Gasteiger charge is -2.26. The summed E-state index contributed by atoms with van der Waals surface area (Å²) in [7, 11) is 0. The van der Waals surface area contributed by atoms with E-state index in [0.29, 0.717) is 6.04 Å². The highest BCUT2D eigenvalue weighted by atomic mass is 32.1. The predicted molar refractivity (Wildman–Crippen MR) is 95.8 cm³/mol. The molecule has 0 radical (unpaired) electrons. The van der Waals surface area contributed by atoms with Crippen molar-refractivity contribution in [1.29, 1.82) is 0 Å². The molecule has 7 heteroatoms. The number of hydrogen-bond donors (Lipinski definition) is 0. The molecule has 2 aliphatic rings. The average molecular weight is 347 g/mol. The number of thiazole rings is 1. The quantitative estimate of drug-likeness (QED) is 0.849. The maximum Gasteiger partial charge on any atom is 0.185 e. The molecule has 0 N–H and O–H groups in total. The van der Waals surface area contributed by atoms with Crippen molar-refractivity contribution in [3.05, 3.63) is 28.5 Å². The van der Waals surface area contributed by atoms with E-state index in [2.05, 4.69) is 44.5 Å². The van der Waals surface area contributed by atoms with Crippen LogP contribution in [0.4, 0.5) is 5.13 Å². The largest absolute Gasteiger partial charge is 0.378 e. The summed E-state index contributed by atoms with van der Waals surface area (Å²) in [5, 5.41) is 5.80. The molecule has 2 aromatic rings. The molecular formula is C17H25N5OS. The Bertz CT molecular complexity index is 691. The van der Waals surface area contributed by atoms with Crippen molar-refractivity contribution in [2.75, 3.05) is 44.3 Å². The minimum Gasteiger partial charge on any atom is -0.378 e. The van der Waals surface area contributed by atoms with Crippen molar-refractivity contribution in [3.8, 4) is 0 Å². The monoisotopic (exact) mass is 347 g/mol. The normalized spacial score (nSPS) is 22.4. The van der Waals surface area contributed by atoms with E-state index < -0.39 is 0 Å². The topological polar surface area (TPSA) is 46.4 Å². The van der Waals surface area contributed by atoms with Crippen LogP contribution in [0.2, 0.25) is 0 Å². The lowest BCUT2D eigenvalue weighted by atomic mass is 10.2. The van der Waals surface area contributed by atoms with Crippen LogP contribution < -0.4 is 4.90 Å². The van der Waals surface area contributed by atoms with Gasteiger partial charge in [0.2, 0.25) is 0 Å². The summed E-state index contributed by atoms with van der Waals surface area (Å²) in [6, 6.07) is 2.67. The molecule has 2 saturated heterocycles. The van der Waals surface area contributed by atoms with Crippen LogP contribution in [0.25, 0.3) is 0 Å². The SMILES string of the molecule is Cc1cc(C)n(C2CCN(Cc3cnc(N4CCOCC4)s3)C2)n1. The average Bonchev–Trinajstić information content (AvgIpc) is 3.29. The molecule has 2 fully saturated rings. The number of anilines is 1. The summed E-state index contributed by atoms with van der Waals surface area (Å²) in [6.45, 7) is 11.0. The second-order valence-electron chi connectivity index (χ2n) is 6.76. The molecule has 0 saturated carbocycles. The molecule has 130 valence electrons. The van der Waals surface area contributed by atoms with Gasteiger partial charge in [0, 0.05) is 49.5 Å². The summed E-state index contributed by atoms with van der Waals surface area (Å²) < 4.78 is 7.63. The molecule has 4 rings (SSSR count). The van der Waals surface area contributed by atoms with E-state index in [1.54, 1.807) is 0 Å². The number of morpholine rings is 1. The zero-order valence-electron chi connectivity index (χ0n) is 14.4. The lowest BCUT2D eigenvalue weighted by molar-refractivity contribution is 0.122. The summed E-state index contributed by atoms with van der Waals surface area (Å²) in [4.78, 5) is 10.8. The smallest absolute Gasteiger partial charge is 0.185 e. The Morgan fingerprint density at radius 2 is 2.08 bits per heavy atom. The summed E-state index contributed by atoms with van der Waals surface area (Å²) in [5.74, 6) is 0. The maximum absolute atomic E-state index is 5.42. The Morgan fingerprint density at radius 3 is 2.83 bits per heavy atom. The van der Waals surface area contributed by atoms with E-state index in [4.69, 9.17) is 4.74 Å². The molecule has 4 heterocycles. The first-order chi connectivity index (χ1) is 11.7. The first kappa shape index (κ1) is 16.1. The zero-order valence-corrected chi connectivity index (χ0v) is 15.3. The molecule has 0 spiro atoms. The van der Waals surface area contributed by atoms with E-state index in [9.17, 15) is 0 Å². The van der Waals surface area contributed by atoms with Gasteiger partial charge in [0.1, 0.15) is 0 Å². The van der Waals surface area contributed by atoms with Crippen LogP contribution in [0, 0.1) is 13.8 Å². The molecule has 6 nitrogen and oxygen atoms in total. The van der Waals surface area contributed by atoms with Crippen LogP contribution in [0.3, 0.4) is 0 Å². The first-order valence-electron chi connectivity index (χ1n) is 8.71. The van der Waals surface area contributed by atoms with E-state index >= 15 is 0 Å². The third-order valence-electron chi connectivity index (χ3n) is 4.84. The minimum atomic E-state index is 0.505. The second-order valence-corrected chi connectivity index (χ2v) is 7.85. The number of aryl methyl sites for hydroxylation is 2. The molecule has 1 unspecified atom stereocenters. The fourth-order valence-electron chi connectivity index (χ4n) is 3.66. The molecule has 0 amide bonds. The number of likely N-dealkylation sites (tertiary alicyclic amines) is 1. The number of rotatable bonds is 4. The van der Waals surface area contributed by atoms with Crippen molar-refractivity contribution in [2.45, 2.75) is 32.9 Å². The Hall–Kier alpha value is -1.44. The van der Waals surface area contributed by atoms with Crippen molar-refractivity contribution in [3.63, 3.8) is 0 Å². The van der Waals surface area contributed by atoms with Crippen molar-refractivity contribution in [2.24, 2.45) is 0 Å². The van der Waals surface area contributed by atoms with Crippen LogP contribution in [-0.4, -0.2) is 59.1 Å². The number of ether oxygens (including phenoxy) is 1. The Labute approximate surface area is 147 Å². The fraction of sp³-hybridized carbons (Fsp3) is 0.647. The standard InChI is InChI=1S/C17H25N5OS/c1-13-9-14(2)22(19-13)15-3-4-20(11-15)12-16-10-18-17(24-16)21-5-7-23-8-6-21/h9-10,15H,3-8,11-12H2,1-2H3. The molecule has 1 atom stereocenters. The van der Waals surface area contributed by atoms with Gasteiger partial charge in [0.15, 0.2) is 5.13 Å². The third-order valence-corrected chi connectivity index (χ3v) is 5.88. The molecular weight excluding hydrogens is 322 g/mol. The van der Waals surface area contributed by atoms with Gasteiger partial charge >= 0.3 is 0 Å². The van der Waals surface area contributed by atoms with Crippen molar-refractivity contribution in [1.82, 2.24) is 19.7 Å². The van der Waals surface area contributed by atoms with Gasteiger partial charge in [-0.05, 0) is 26.3 Å². The Morgan fingerprint density at radius 1 is 1.25 bits per heavy atom.